The molecular formula is C23H27FN4O. The molecule has 3 rings (SSSR count). The van der Waals surface area contributed by atoms with E-state index < -0.39 is 0 Å². The van der Waals surface area contributed by atoms with Crippen LogP contribution in [-0.4, -0.2) is 35.3 Å². The van der Waals surface area contributed by atoms with Crippen molar-refractivity contribution in [2.45, 2.75) is 27.2 Å². The summed E-state index contributed by atoms with van der Waals surface area (Å²) in [5.41, 5.74) is 3.89. The third-order valence-electron chi connectivity index (χ3n) is 4.98. The molecule has 0 radical (unpaired) electrons. The van der Waals surface area contributed by atoms with E-state index in [1.165, 1.54) is 17.8 Å². The fraction of sp³-hybridized carbons (Fsp3) is 0.304. The van der Waals surface area contributed by atoms with Crippen LogP contribution >= 0.6 is 0 Å². The van der Waals surface area contributed by atoms with Gasteiger partial charge in [-0.05, 0) is 63.6 Å². The van der Waals surface area contributed by atoms with Gasteiger partial charge >= 0.3 is 0 Å². The van der Waals surface area contributed by atoms with Gasteiger partial charge in [-0.2, -0.15) is 5.10 Å². The van der Waals surface area contributed by atoms with Crippen LogP contribution in [0.3, 0.4) is 0 Å². The largest absolute Gasteiger partial charge is 0.372 e. The number of benzene rings is 2. The summed E-state index contributed by atoms with van der Waals surface area (Å²) in [7, 11) is 0. The van der Waals surface area contributed by atoms with Crippen LogP contribution in [0.15, 0.2) is 54.6 Å². The SMILES string of the molecule is CCN(CCCNC(=O)c1c(C)nn(-c2ccc(F)cc2)c1C)c1ccccc1. The molecule has 29 heavy (non-hydrogen) atoms. The highest BCUT2D eigenvalue weighted by Crippen LogP contribution is 2.18. The van der Waals surface area contributed by atoms with Gasteiger partial charge in [0.25, 0.3) is 5.91 Å². The Balaban J connectivity index is 1.60. The maximum absolute atomic E-state index is 13.2. The number of carbonyl (C=O) groups is 1. The first kappa shape index (κ1) is 20.6. The molecule has 2 aromatic carbocycles. The number of para-hydroxylation sites is 1. The number of hydrogen-bond acceptors (Lipinski definition) is 3. The minimum absolute atomic E-state index is 0.129. The zero-order valence-corrected chi connectivity index (χ0v) is 17.2. The summed E-state index contributed by atoms with van der Waals surface area (Å²) in [4.78, 5) is 15.0. The number of aryl methyl sites for hydroxylation is 1. The first-order chi connectivity index (χ1) is 14.0. The number of halogens is 1. The number of anilines is 1. The first-order valence-corrected chi connectivity index (χ1v) is 9.91. The molecule has 1 heterocycles. The van der Waals surface area contributed by atoms with Crippen molar-refractivity contribution in [2.75, 3.05) is 24.5 Å². The van der Waals surface area contributed by atoms with Gasteiger partial charge in [-0.25, -0.2) is 9.07 Å². The molecule has 1 amide bonds. The van der Waals surface area contributed by atoms with E-state index in [9.17, 15) is 9.18 Å². The van der Waals surface area contributed by atoms with Crippen LogP contribution in [0.2, 0.25) is 0 Å². The lowest BCUT2D eigenvalue weighted by molar-refractivity contribution is 0.0952. The Hall–Kier alpha value is -3.15. The van der Waals surface area contributed by atoms with Crippen LogP contribution in [-0.2, 0) is 0 Å². The zero-order valence-electron chi connectivity index (χ0n) is 17.2. The highest BCUT2D eigenvalue weighted by Gasteiger charge is 2.19. The summed E-state index contributed by atoms with van der Waals surface area (Å²) in [5, 5.41) is 7.47. The Bertz CT molecular complexity index is 951. The molecule has 0 bridgehead atoms. The topological polar surface area (TPSA) is 50.2 Å². The predicted octanol–water partition coefficient (Wildman–Crippen LogP) is 4.27. The van der Waals surface area contributed by atoms with Crippen molar-refractivity contribution in [2.24, 2.45) is 0 Å². The number of amides is 1. The average Bonchev–Trinajstić information content (AvgIpc) is 3.03. The van der Waals surface area contributed by atoms with E-state index in [4.69, 9.17) is 0 Å². The normalized spacial score (nSPS) is 10.8. The molecule has 6 heteroatoms. The van der Waals surface area contributed by atoms with E-state index in [1.807, 2.05) is 32.0 Å². The number of nitrogens with zero attached hydrogens (tertiary/aromatic N) is 3. The van der Waals surface area contributed by atoms with Gasteiger partial charge in [0.15, 0.2) is 0 Å². The fourth-order valence-electron chi connectivity index (χ4n) is 3.47. The van der Waals surface area contributed by atoms with Crippen molar-refractivity contribution < 1.29 is 9.18 Å². The fourth-order valence-corrected chi connectivity index (χ4v) is 3.47. The van der Waals surface area contributed by atoms with E-state index in [2.05, 4.69) is 34.4 Å². The van der Waals surface area contributed by atoms with E-state index in [0.29, 0.717) is 17.8 Å². The van der Waals surface area contributed by atoms with Crippen LogP contribution in [0.4, 0.5) is 10.1 Å². The quantitative estimate of drug-likeness (QED) is 0.581. The van der Waals surface area contributed by atoms with Gasteiger partial charge in [0.05, 0.1) is 22.6 Å². The van der Waals surface area contributed by atoms with Crippen molar-refractivity contribution in [1.29, 1.82) is 0 Å². The van der Waals surface area contributed by atoms with Gasteiger partial charge in [0.2, 0.25) is 0 Å². The molecule has 0 saturated carbocycles. The maximum Gasteiger partial charge on any atom is 0.255 e. The molecule has 0 saturated heterocycles. The molecule has 0 fully saturated rings. The van der Waals surface area contributed by atoms with Gasteiger partial charge in [-0.1, -0.05) is 18.2 Å². The monoisotopic (exact) mass is 394 g/mol. The molecule has 0 aliphatic rings. The van der Waals surface area contributed by atoms with E-state index in [1.54, 1.807) is 16.8 Å². The molecule has 0 aliphatic carbocycles. The van der Waals surface area contributed by atoms with Gasteiger partial charge in [-0.15, -0.1) is 0 Å². The van der Waals surface area contributed by atoms with E-state index in [0.717, 1.165) is 30.9 Å². The number of aromatic nitrogens is 2. The second kappa shape index (κ2) is 9.37. The smallest absolute Gasteiger partial charge is 0.255 e. The Morgan fingerprint density at radius 1 is 1.10 bits per heavy atom. The Morgan fingerprint density at radius 3 is 2.45 bits per heavy atom. The van der Waals surface area contributed by atoms with Crippen LogP contribution in [0.5, 0.6) is 0 Å². The summed E-state index contributed by atoms with van der Waals surface area (Å²) < 4.78 is 14.9. The van der Waals surface area contributed by atoms with E-state index in [-0.39, 0.29) is 11.7 Å². The number of hydrogen-bond donors (Lipinski definition) is 1. The van der Waals surface area contributed by atoms with Gasteiger partial charge in [-0.3, -0.25) is 4.79 Å². The minimum Gasteiger partial charge on any atom is -0.372 e. The molecule has 152 valence electrons. The molecule has 1 N–H and O–H groups in total. The van der Waals surface area contributed by atoms with E-state index >= 15 is 0 Å². The molecule has 0 spiro atoms. The third kappa shape index (κ3) is 4.83. The molecule has 5 nitrogen and oxygen atoms in total. The van der Waals surface area contributed by atoms with Gasteiger partial charge in [0.1, 0.15) is 5.82 Å². The lowest BCUT2D eigenvalue weighted by Crippen LogP contribution is -2.30. The van der Waals surface area contributed by atoms with Crippen LogP contribution < -0.4 is 10.2 Å². The highest BCUT2D eigenvalue weighted by atomic mass is 19.1. The molecule has 0 unspecified atom stereocenters. The average molecular weight is 394 g/mol. The number of rotatable bonds is 8. The van der Waals surface area contributed by atoms with Gasteiger partial charge < -0.3 is 10.2 Å². The van der Waals surface area contributed by atoms with Crippen molar-refractivity contribution in [3.63, 3.8) is 0 Å². The summed E-state index contributed by atoms with van der Waals surface area (Å²) >= 11 is 0. The summed E-state index contributed by atoms with van der Waals surface area (Å²) in [5.74, 6) is -0.430. The van der Waals surface area contributed by atoms with Crippen molar-refractivity contribution in [3.05, 3.63) is 77.4 Å². The van der Waals surface area contributed by atoms with Crippen molar-refractivity contribution >= 4 is 11.6 Å². The number of carbonyl (C=O) groups excluding carboxylic acids is 1. The minimum atomic E-state index is -0.301. The highest BCUT2D eigenvalue weighted by molar-refractivity contribution is 5.96. The molecule has 1 aromatic heterocycles. The lowest BCUT2D eigenvalue weighted by Gasteiger charge is -2.23. The van der Waals surface area contributed by atoms with Crippen molar-refractivity contribution in [1.82, 2.24) is 15.1 Å². The van der Waals surface area contributed by atoms with Gasteiger partial charge in [0, 0.05) is 25.3 Å². The van der Waals surface area contributed by atoms with Crippen LogP contribution in [0, 0.1) is 19.7 Å². The van der Waals surface area contributed by atoms with Crippen LogP contribution in [0.25, 0.3) is 5.69 Å². The molecule has 0 aliphatic heterocycles. The molecule has 3 aromatic rings. The first-order valence-electron chi connectivity index (χ1n) is 9.91. The summed E-state index contributed by atoms with van der Waals surface area (Å²) in [6, 6.07) is 16.3. The third-order valence-corrected chi connectivity index (χ3v) is 4.98. The predicted molar refractivity (Wildman–Crippen MR) is 114 cm³/mol. The Kier molecular flexibility index (Phi) is 6.65. The van der Waals surface area contributed by atoms with Crippen molar-refractivity contribution in [3.8, 4) is 5.69 Å². The second-order valence-corrected chi connectivity index (χ2v) is 6.96. The Labute approximate surface area is 171 Å². The Morgan fingerprint density at radius 2 is 1.79 bits per heavy atom. The number of nitrogens with one attached hydrogen (secondary N) is 1. The molecule has 0 atom stereocenters. The summed E-state index contributed by atoms with van der Waals surface area (Å²) in [6.07, 6.45) is 0.846. The molecular weight excluding hydrogens is 367 g/mol. The lowest BCUT2D eigenvalue weighted by atomic mass is 10.2. The summed E-state index contributed by atoms with van der Waals surface area (Å²) in [6.45, 7) is 8.17. The van der Waals surface area contributed by atoms with Crippen LogP contribution in [0.1, 0.15) is 35.1 Å². The standard InChI is InChI=1S/C23H27FN4O/c1-4-27(20-9-6-5-7-10-20)16-8-15-25-23(29)22-17(2)26-28(18(22)3)21-13-11-19(24)12-14-21/h5-7,9-14H,4,8,15-16H2,1-3H3,(H,25,29). The second-order valence-electron chi connectivity index (χ2n) is 6.96. The maximum atomic E-state index is 13.2. The zero-order chi connectivity index (χ0) is 20.8.